The van der Waals surface area contributed by atoms with Crippen LogP contribution in [0.1, 0.15) is 36.1 Å². The first-order chi connectivity index (χ1) is 8.34. The molecule has 0 spiro atoms. The number of ether oxygens (including phenoxy) is 2. The summed E-state index contributed by atoms with van der Waals surface area (Å²) >= 11 is 3.81. The molecule has 1 aliphatic carbocycles. The predicted octanol–water partition coefficient (Wildman–Crippen LogP) is 4.08. The highest BCUT2D eigenvalue weighted by molar-refractivity contribution is 9.09. The van der Waals surface area contributed by atoms with E-state index in [1.165, 1.54) is 24.8 Å². The van der Waals surface area contributed by atoms with E-state index < -0.39 is 0 Å². The molecule has 1 heterocycles. The largest absolute Gasteiger partial charge is 0.490 e. The van der Waals surface area contributed by atoms with Crippen LogP contribution in [0.3, 0.4) is 0 Å². The molecule has 1 aliphatic heterocycles. The lowest BCUT2D eigenvalue weighted by atomic mass is 9.81. The van der Waals surface area contributed by atoms with Crippen molar-refractivity contribution in [2.45, 2.75) is 30.5 Å². The van der Waals surface area contributed by atoms with Crippen LogP contribution in [0.15, 0.2) is 18.2 Å². The lowest BCUT2D eigenvalue weighted by Gasteiger charge is -2.30. The first-order valence-corrected chi connectivity index (χ1v) is 7.30. The van der Waals surface area contributed by atoms with Crippen molar-refractivity contribution in [2.24, 2.45) is 5.92 Å². The fraction of sp³-hybridized carbons (Fsp3) is 0.571. The Balaban J connectivity index is 1.83. The molecule has 0 bridgehead atoms. The van der Waals surface area contributed by atoms with Gasteiger partial charge in [-0.05, 0) is 36.5 Å². The zero-order valence-corrected chi connectivity index (χ0v) is 11.4. The van der Waals surface area contributed by atoms with Crippen molar-refractivity contribution in [3.8, 4) is 11.5 Å². The van der Waals surface area contributed by atoms with E-state index in [1.807, 2.05) is 6.07 Å². The van der Waals surface area contributed by atoms with E-state index in [1.54, 1.807) is 0 Å². The van der Waals surface area contributed by atoms with Gasteiger partial charge in [0.25, 0.3) is 0 Å². The second-order valence-corrected chi connectivity index (χ2v) is 5.84. The molecule has 17 heavy (non-hydrogen) atoms. The van der Waals surface area contributed by atoms with Crippen LogP contribution in [0, 0.1) is 5.92 Å². The Hall–Kier alpha value is -0.700. The highest BCUT2D eigenvalue weighted by Gasteiger charge is 2.27. The maximum absolute atomic E-state index is 5.72. The van der Waals surface area contributed by atoms with E-state index in [0.717, 1.165) is 37.1 Å². The van der Waals surface area contributed by atoms with Gasteiger partial charge < -0.3 is 9.47 Å². The number of alkyl halides is 1. The van der Waals surface area contributed by atoms with Gasteiger partial charge >= 0.3 is 0 Å². The zero-order chi connectivity index (χ0) is 11.7. The Kier molecular flexibility index (Phi) is 3.28. The molecule has 2 nitrogen and oxygen atoms in total. The Morgan fingerprint density at radius 2 is 1.82 bits per heavy atom. The summed E-state index contributed by atoms with van der Waals surface area (Å²) in [5.74, 6) is 2.59. The van der Waals surface area contributed by atoms with E-state index in [2.05, 4.69) is 28.1 Å². The molecule has 0 N–H and O–H groups in total. The fourth-order valence-corrected chi connectivity index (χ4v) is 3.17. The normalized spacial score (nSPS) is 21.5. The molecule has 1 atom stereocenters. The number of hydrogen-bond acceptors (Lipinski definition) is 2. The van der Waals surface area contributed by atoms with Crippen LogP contribution >= 0.6 is 15.9 Å². The number of fused-ring (bicyclic) bond motifs is 1. The van der Waals surface area contributed by atoms with E-state index >= 15 is 0 Å². The van der Waals surface area contributed by atoms with Crippen molar-refractivity contribution in [1.82, 2.24) is 0 Å². The minimum absolute atomic E-state index is 0.466. The summed E-state index contributed by atoms with van der Waals surface area (Å²) in [4.78, 5) is 0.466. The quantitative estimate of drug-likeness (QED) is 0.766. The van der Waals surface area contributed by atoms with Gasteiger partial charge in [-0.15, -0.1) is 0 Å². The van der Waals surface area contributed by atoms with Gasteiger partial charge in [0.05, 0.1) is 13.2 Å². The third kappa shape index (κ3) is 2.30. The van der Waals surface area contributed by atoms with Crippen LogP contribution in [0.2, 0.25) is 0 Å². The van der Waals surface area contributed by atoms with E-state index in [4.69, 9.17) is 9.47 Å². The minimum atomic E-state index is 0.466. The molecule has 0 aromatic heterocycles. The molecular formula is C14H17BrO2. The number of rotatable bonds is 2. The van der Waals surface area contributed by atoms with Gasteiger partial charge in [0.2, 0.25) is 0 Å². The second kappa shape index (κ2) is 4.89. The summed E-state index contributed by atoms with van der Waals surface area (Å²) in [5, 5.41) is 0. The Morgan fingerprint density at radius 3 is 2.53 bits per heavy atom. The molecule has 1 aromatic rings. The van der Waals surface area contributed by atoms with Crippen LogP contribution in [-0.2, 0) is 0 Å². The standard InChI is InChI=1S/C14H17BrO2/c15-14(10-3-1-4-10)11-5-6-12-13(9-11)17-8-2-7-16-12/h5-6,9-10,14H,1-4,7-8H2. The Labute approximate surface area is 110 Å². The summed E-state index contributed by atoms with van der Waals surface area (Å²) in [7, 11) is 0. The molecule has 1 fully saturated rings. The molecule has 2 aliphatic rings. The topological polar surface area (TPSA) is 18.5 Å². The van der Waals surface area contributed by atoms with E-state index in [9.17, 15) is 0 Å². The van der Waals surface area contributed by atoms with Crippen molar-refractivity contribution < 1.29 is 9.47 Å². The molecule has 3 rings (SSSR count). The van der Waals surface area contributed by atoms with Crippen molar-refractivity contribution in [3.63, 3.8) is 0 Å². The monoisotopic (exact) mass is 296 g/mol. The van der Waals surface area contributed by atoms with Gasteiger partial charge in [-0.25, -0.2) is 0 Å². The highest BCUT2D eigenvalue weighted by Crippen LogP contribution is 2.45. The van der Waals surface area contributed by atoms with Gasteiger partial charge in [-0.2, -0.15) is 0 Å². The van der Waals surface area contributed by atoms with E-state index in [0.29, 0.717) is 4.83 Å². The van der Waals surface area contributed by atoms with Crippen LogP contribution in [0.5, 0.6) is 11.5 Å². The molecule has 92 valence electrons. The average molecular weight is 297 g/mol. The van der Waals surface area contributed by atoms with Crippen molar-refractivity contribution in [1.29, 1.82) is 0 Å². The summed E-state index contributed by atoms with van der Waals surface area (Å²) in [6, 6.07) is 6.34. The molecular weight excluding hydrogens is 280 g/mol. The average Bonchev–Trinajstić information content (AvgIpc) is 2.50. The van der Waals surface area contributed by atoms with Crippen molar-refractivity contribution in [3.05, 3.63) is 23.8 Å². The molecule has 1 saturated carbocycles. The Morgan fingerprint density at radius 1 is 1.06 bits per heavy atom. The van der Waals surface area contributed by atoms with Crippen molar-refractivity contribution in [2.75, 3.05) is 13.2 Å². The maximum atomic E-state index is 5.72. The number of halogens is 1. The number of benzene rings is 1. The number of hydrogen-bond donors (Lipinski definition) is 0. The summed E-state index contributed by atoms with van der Waals surface area (Å²) in [5.41, 5.74) is 1.32. The van der Waals surface area contributed by atoms with Crippen LogP contribution in [0.25, 0.3) is 0 Å². The SMILES string of the molecule is BrC(c1ccc2c(c1)OCCCO2)C1CCC1. The van der Waals surface area contributed by atoms with Crippen LogP contribution in [0.4, 0.5) is 0 Å². The molecule has 0 amide bonds. The van der Waals surface area contributed by atoms with Gasteiger partial charge in [0, 0.05) is 11.2 Å². The second-order valence-electron chi connectivity index (χ2n) is 4.85. The molecule has 1 unspecified atom stereocenters. The Bertz CT molecular complexity index is 401. The summed E-state index contributed by atoms with van der Waals surface area (Å²) < 4.78 is 11.4. The minimum Gasteiger partial charge on any atom is -0.490 e. The van der Waals surface area contributed by atoms with E-state index in [-0.39, 0.29) is 0 Å². The lowest BCUT2D eigenvalue weighted by Crippen LogP contribution is -2.16. The first-order valence-electron chi connectivity index (χ1n) is 6.38. The smallest absolute Gasteiger partial charge is 0.161 e. The molecule has 0 radical (unpaired) electrons. The fourth-order valence-electron chi connectivity index (χ4n) is 2.36. The lowest BCUT2D eigenvalue weighted by molar-refractivity contribution is 0.296. The maximum Gasteiger partial charge on any atom is 0.161 e. The highest BCUT2D eigenvalue weighted by atomic mass is 79.9. The van der Waals surface area contributed by atoms with Gasteiger partial charge in [-0.1, -0.05) is 28.4 Å². The first kappa shape index (κ1) is 11.4. The summed E-state index contributed by atoms with van der Waals surface area (Å²) in [6.45, 7) is 1.51. The zero-order valence-electron chi connectivity index (χ0n) is 9.82. The summed E-state index contributed by atoms with van der Waals surface area (Å²) in [6.07, 6.45) is 5.01. The molecule has 0 saturated heterocycles. The third-order valence-corrected chi connectivity index (χ3v) is 4.93. The van der Waals surface area contributed by atoms with Crippen LogP contribution in [-0.4, -0.2) is 13.2 Å². The van der Waals surface area contributed by atoms with Gasteiger partial charge in [0.15, 0.2) is 11.5 Å². The molecule has 1 aromatic carbocycles. The predicted molar refractivity (Wildman–Crippen MR) is 71.1 cm³/mol. The van der Waals surface area contributed by atoms with Gasteiger partial charge in [-0.3, -0.25) is 0 Å². The van der Waals surface area contributed by atoms with Gasteiger partial charge in [0.1, 0.15) is 0 Å². The van der Waals surface area contributed by atoms with Crippen molar-refractivity contribution >= 4 is 15.9 Å². The molecule has 3 heteroatoms. The third-order valence-electron chi connectivity index (χ3n) is 3.65. The van der Waals surface area contributed by atoms with Crippen LogP contribution < -0.4 is 9.47 Å².